The fourth-order valence-electron chi connectivity index (χ4n) is 1.99. The van der Waals surface area contributed by atoms with Crippen molar-refractivity contribution in [1.82, 2.24) is 10.6 Å². The van der Waals surface area contributed by atoms with Gasteiger partial charge in [0.25, 0.3) is 0 Å². The summed E-state index contributed by atoms with van der Waals surface area (Å²) in [6, 6.07) is 0. The van der Waals surface area contributed by atoms with Crippen molar-refractivity contribution in [3.05, 3.63) is 0 Å². The molecule has 2 atom stereocenters. The maximum atomic E-state index is 11.7. The third-order valence-corrected chi connectivity index (χ3v) is 4.52. The Hall–Kier alpha value is -1.07. The highest BCUT2D eigenvalue weighted by molar-refractivity contribution is 7.48. The van der Waals surface area contributed by atoms with Gasteiger partial charge in [0.15, 0.2) is 0 Å². The monoisotopic (exact) mass is 399 g/mol. The van der Waals surface area contributed by atoms with Gasteiger partial charge < -0.3 is 15.7 Å². The van der Waals surface area contributed by atoms with Crippen molar-refractivity contribution in [1.29, 1.82) is 0 Å². The van der Waals surface area contributed by atoms with Crippen LogP contribution >= 0.6 is 7.82 Å². The average molecular weight is 399 g/mol. The number of nitrogens with two attached hydrogens (primary N) is 1. The number of nitrogens with one attached hydrogen (secondary N) is 2. The van der Waals surface area contributed by atoms with Crippen LogP contribution in [0, 0.1) is 5.92 Å². The Bertz CT molecular complexity index is 452. The highest BCUT2D eigenvalue weighted by atomic mass is 31.2. The first-order chi connectivity index (χ1) is 12.4. The maximum absolute atomic E-state index is 11.7. The second-order valence-corrected chi connectivity index (χ2v) is 7.02. The number of aliphatic hydroxyl groups excluding tert-OH is 1. The SMILES string of the molecule is CNC(=O)CCCC(=O)NCCCCC(CO)COP(=O)(ON)OOC. The van der Waals surface area contributed by atoms with Crippen LogP contribution < -0.4 is 16.5 Å². The Morgan fingerprint density at radius 3 is 2.46 bits per heavy atom. The summed E-state index contributed by atoms with van der Waals surface area (Å²) in [5.41, 5.74) is 0. The molecular weight excluding hydrogens is 369 g/mol. The van der Waals surface area contributed by atoms with Gasteiger partial charge >= 0.3 is 7.82 Å². The molecule has 0 saturated heterocycles. The lowest BCUT2D eigenvalue weighted by Crippen LogP contribution is -2.25. The van der Waals surface area contributed by atoms with Gasteiger partial charge in [-0.25, -0.2) is 15.3 Å². The number of hydrogen-bond acceptors (Lipinski definition) is 9. The summed E-state index contributed by atoms with van der Waals surface area (Å²) in [5, 5.41) is 14.6. The Kier molecular flexibility index (Phi) is 14.4. The standard InChI is InChI=1S/C14H30N3O8P/c1-16-13(19)7-5-8-14(20)17-9-4-3-6-12(10-18)11-23-26(21,24-15)25-22-2/h12,18H,3-11,15H2,1-2H3,(H,16,19)(H,17,20). The van der Waals surface area contributed by atoms with E-state index < -0.39 is 7.82 Å². The second kappa shape index (κ2) is 15.0. The summed E-state index contributed by atoms with van der Waals surface area (Å²) in [6.45, 7) is 0.235. The highest BCUT2D eigenvalue weighted by Gasteiger charge is 2.28. The smallest absolute Gasteiger partial charge is 0.396 e. The average Bonchev–Trinajstić information content (AvgIpc) is 2.63. The number of carbonyl (C=O) groups is 2. The molecule has 0 aromatic carbocycles. The van der Waals surface area contributed by atoms with E-state index in [2.05, 4.69) is 24.8 Å². The molecule has 11 nitrogen and oxygen atoms in total. The van der Waals surface area contributed by atoms with Gasteiger partial charge in [-0.05, 0) is 19.3 Å². The Morgan fingerprint density at radius 2 is 1.88 bits per heavy atom. The minimum atomic E-state index is -3.99. The van der Waals surface area contributed by atoms with Gasteiger partial charge in [-0.1, -0.05) is 6.42 Å². The van der Waals surface area contributed by atoms with Gasteiger partial charge in [-0.3, -0.25) is 14.1 Å². The zero-order valence-electron chi connectivity index (χ0n) is 15.3. The van der Waals surface area contributed by atoms with Crippen LogP contribution in [0.4, 0.5) is 0 Å². The molecule has 2 unspecified atom stereocenters. The molecule has 0 aliphatic carbocycles. The number of unbranched alkanes of at least 4 members (excludes halogenated alkanes) is 1. The molecule has 154 valence electrons. The molecule has 26 heavy (non-hydrogen) atoms. The number of aliphatic hydroxyl groups is 1. The van der Waals surface area contributed by atoms with E-state index in [0.29, 0.717) is 45.1 Å². The molecule has 0 saturated carbocycles. The molecule has 0 fully saturated rings. The van der Waals surface area contributed by atoms with E-state index in [4.69, 9.17) is 10.4 Å². The van der Waals surface area contributed by atoms with E-state index in [0.717, 1.165) is 7.11 Å². The van der Waals surface area contributed by atoms with Crippen molar-refractivity contribution in [2.75, 3.05) is 33.9 Å². The molecule has 0 bridgehead atoms. The van der Waals surface area contributed by atoms with Crippen molar-refractivity contribution in [3.8, 4) is 0 Å². The second-order valence-electron chi connectivity index (χ2n) is 5.51. The minimum absolute atomic E-state index is 0.0831. The molecule has 5 N–H and O–H groups in total. The highest BCUT2D eigenvalue weighted by Crippen LogP contribution is 2.48. The molecular formula is C14H30N3O8P. The molecule has 0 aliphatic heterocycles. The van der Waals surface area contributed by atoms with Gasteiger partial charge in [0.2, 0.25) is 11.8 Å². The Morgan fingerprint density at radius 1 is 1.19 bits per heavy atom. The van der Waals surface area contributed by atoms with Crippen LogP contribution in [-0.2, 0) is 32.9 Å². The van der Waals surface area contributed by atoms with E-state index >= 15 is 0 Å². The zero-order chi connectivity index (χ0) is 19.8. The number of amides is 2. The van der Waals surface area contributed by atoms with E-state index in [-0.39, 0.29) is 30.9 Å². The lowest BCUT2D eigenvalue weighted by molar-refractivity contribution is -0.202. The number of carbonyl (C=O) groups excluding carboxylic acids is 2. The predicted octanol–water partition coefficient (Wildman–Crippen LogP) is 0.391. The van der Waals surface area contributed by atoms with Crippen LogP contribution in [0.25, 0.3) is 0 Å². The topological polar surface area (TPSA) is 158 Å². The molecule has 0 radical (unpaired) electrons. The first-order valence-corrected chi connectivity index (χ1v) is 9.80. The fraction of sp³-hybridized carbons (Fsp3) is 0.857. The number of phosphoric acid groups is 1. The van der Waals surface area contributed by atoms with Crippen LogP contribution in [0.15, 0.2) is 0 Å². The summed E-state index contributed by atoms with van der Waals surface area (Å²) < 4.78 is 25.1. The van der Waals surface area contributed by atoms with Gasteiger partial charge in [0.1, 0.15) is 0 Å². The van der Waals surface area contributed by atoms with E-state index in [1.807, 2.05) is 0 Å². The summed E-state index contributed by atoms with van der Waals surface area (Å²) in [6.07, 6.45) is 3.13. The summed E-state index contributed by atoms with van der Waals surface area (Å²) >= 11 is 0. The quantitative estimate of drug-likeness (QED) is 0.125. The Labute approximate surface area is 153 Å². The molecule has 0 aromatic rings. The van der Waals surface area contributed by atoms with Crippen LogP contribution in [0.5, 0.6) is 0 Å². The largest absolute Gasteiger partial charge is 0.518 e. The van der Waals surface area contributed by atoms with Gasteiger partial charge in [-0.15, -0.1) is 4.67 Å². The van der Waals surface area contributed by atoms with Gasteiger partial charge in [-0.2, -0.15) is 4.62 Å². The molecule has 12 heteroatoms. The number of rotatable bonds is 16. The zero-order valence-corrected chi connectivity index (χ0v) is 16.2. The molecule has 0 spiro atoms. The predicted molar refractivity (Wildman–Crippen MR) is 92.3 cm³/mol. The first-order valence-electron chi connectivity index (χ1n) is 8.34. The van der Waals surface area contributed by atoms with E-state index in [1.165, 1.54) is 0 Å². The van der Waals surface area contributed by atoms with Crippen LogP contribution in [0.2, 0.25) is 0 Å². The van der Waals surface area contributed by atoms with Crippen molar-refractivity contribution < 1.29 is 38.0 Å². The molecule has 0 rings (SSSR count). The molecule has 0 aliphatic rings. The van der Waals surface area contributed by atoms with Crippen molar-refractivity contribution >= 4 is 19.6 Å². The normalized spacial score (nSPS) is 14.5. The fourth-order valence-corrected chi connectivity index (χ4v) is 2.71. The van der Waals surface area contributed by atoms with Gasteiger partial charge in [0, 0.05) is 39.0 Å². The summed E-state index contributed by atoms with van der Waals surface area (Å²) in [7, 11) is -1.30. The van der Waals surface area contributed by atoms with Crippen molar-refractivity contribution in [2.45, 2.75) is 38.5 Å². The minimum Gasteiger partial charge on any atom is -0.396 e. The van der Waals surface area contributed by atoms with Crippen molar-refractivity contribution in [3.63, 3.8) is 0 Å². The van der Waals surface area contributed by atoms with Crippen LogP contribution in [-0.4, -0.2) is 50.8 Å². The lowest BCUT2D eigenvalue weighted by Gasteiger charge is -2.17. The third-order valence-electron chi connectivity index (χ3n) is 3.47. The Balaban J connectivity index is 3.84. The lowest BCUT2D eigenvalue weighted by atomic mass is 10.0. The van der Waals surface area contributed by atoms with E-state index in [1.54, 1.807) is 7.05 Å². The van der Waals surface area contributed by atoms with Crippen LogP contribution in [0.3, 0.4) is 0 Å². The summed E-state index contributed by atoms with van der Waals surface area (Å²) in [5.74, 6) is 4.35. The van der Waals surface area contributed by atoms with Gasteiger partial charge in [0.05, 0.1) is 13.7 Å². The molecule has 0 heterocycles. The first kappa shape index (κ1) is 24.9. The van der Waals surface area contributed by atoms with E-state index in [9.17, 15) is 19.3 Å². The maximum Gasteiger partial charge on any atom is 0.518 e. The molecule has 2 amide bonds. The van der Waals surface area contributed by atoms with Crippen LogP contribution in [0.1, 0.15) is 38.5 Å². The van der Waals surface area contributed by atoms with Crippen molar-refractivity contribution in [2.24, 2.45) is 11.8 Å². The third kappa shape index (κ3) is 12.3. The summed E-state index contributed by atoms with van der Waals surface area (Å²) in [4.78, 5) is 26.9. The molecule has 0 aromatic heterocycles. The number of hydrogen-bond donors (Lipinski definition) is 4.